The van der Waals surface area contributed by atoms with Crippen molar-refractivity contribution in [2.75, 3.05) is 18.5 Å². The smallest absolute Gasteiger partial charge is 0.257 e. The Bertz CT molecular complexity index is 287. The molecule has 0 heterocycles. The van der Waals surface area contributed by atoms with Crippen molar-refractivity contribution >= 4 is 18.0 Å². The fraction of sp³-hybridized carbons (Fsp3) is 1.00. The Balaban J connectivity index is 3.31. The lowest BCUT2D eigenvalue weighted by Crippen LogP contribution is -1.93. The predicted octanol–water partition coefficient (Wildman–Crippen LogP) is 8.45. The van der Waals surface area contributed by atoms with Gasteiger partial charge in [0.15, 0.2) is 0 Å². The largest absolute Gasteiger partial charge is 0.321 e. The molecule has 1 unspecified atom stereocenters. The molecular weight excluding hydrogens is 335 g/mol. The summed E-state index contributed by atoms with van der Waals surface area (Å²) in [5, 5.41) is 0. The van der Waals surface area contributed by atoms with Crippen LogP contribution in [0.4, 0.5) is 0 Å². The number of rotatable bonds is 19. The molecule has 0 aromatic carbocycles. The van der Waals surface area contributed by atoms with Crippen LogP contribution < -0.4 is 0 Å². The average molecular weight is 379 g/mol. The van der Waals surface area contributed by atoms with E-state index in [1.807, 2.05) is 6.92 Å². The number of unbranched alkanes of at least 4 members (excludes halogenated alkanes) is 13. The van der Waals surface area contributed by atoms with E-state index in [9.17, 15) is 4.57 Å². The van der Waals surface area contributed by atoms with E-state index in [0.29, 0.717) is 6.61 Å². The van der Waals surface area contributed by atoms with Gasteiger partial charge in [0, 0.05) is 6.16 Å². The van der Waals surface area contributed by atoms with Gasteiger partial charge in [-0.3, -0.25) is 4.57 Å². The molecule has 0 spiro atoms. The van der Waals surface area contributed by atoms with Crippen molar-refractivity contribution < 1.29 is 9.09 Å². The first-order valence-electron chi connectivity index (χ1n) is 10.6. The van der Waals surface area contributed by atoms with Gasteiger partial charge in [-0.15, -0.1) is 0 Å². The van der Waals surface area contributed by atoms with Crippen molar-refractivity contribution in [2.45, 2.75) is 111 Å². The molecule has 0 aromatic rings. The Hall–Kier alpha value is 0.540. The van der Waals surface area contributed by atoms with Crippen LogP contribution in [-0.4, -0.2) is 18.5 Å². The van der Waals surface area contributed by atoms with Crippen molar-refractivity contribution in [3.63, 3.8) is 0 Å². The minimum absolute atomic E-state index is 0.572. The second kappa shape index (κ2) is 18.3. The van der Waals surface area contributed by atoms with Gasteiger partial charge < -0.3 is 4.52 Å². The third kappa shape index (κ3) is 16.0. The lowest BCUT2D eigenvalue weighted by atomic mass is 10.0. The predicted molar refractivity (Wildman–Crippen MR) is 113 cm³/mol. The zero-order chi connectivity index (χ0) is 17.9. The average Bonchev–Trinajstić information content (AvgIpc) is 2.55. The molecule has 4 heteroatoms. The minimum atomic E-state index is -2.39. The molecule has 2 nitrogen and oxygen atoms in total. The molecule has 0 radical (unpaired) electrons. The van der Waals surface area contributed by atoms with Crippen LogP contribution in [0.5, 0.6) is 0 Å². The van der Waals surface area contributed by atoms with Crippen LogP contribution in [0.3, 0.4) is 0 Å². The highest BCUT2D eigenvalue weighted by atomic mass is 32.7. The molecule has 0 aliphatic heterocycles. The Labute approximate surface area is 156 Å². The molecule has 0 N–H and O–H groups in total. The Morgan fingerprint density at radius 2 is 1.08 bits per heavy atom. The van der Waals surface area contributed by atoms with E-state index in [2.05, 4.69) is 13.8 Å². The zero-order valence-electron chi connectivity index (χ0n) is 16.7. The Morgan fingerprint density at radius 3 is 1.46 bits per heavy atom. The second-order valence-corrected chi connectivity index (χ2v) is 12.0. The molecule has 146 valence electrons. The van der Waals surface area contributed by atoms with Crippen molar-refractivity contribution in [1.82, 2.24) is 0 Å². The van der Waals surface area contributed by atoms with Gasteiger partial charge in [-0.05, 0) is 19.1 Å². The monoisotopic (exact) mass is 378 g/mol. The maximum atomic E-state index is 12.5. The first-order chi connectivity index (χ1) is 11.7. The van der Waals surface area contributed by atoms with Crippen LogP contribution in [-0.2, 0) is 9.09 Å². The molecule has 0 bridgehead atoms. The van der Waals surface area contributed by atoms with Crippen LogP contribution >= 0.6 is 18.0 Å². The van der Waals surface area contributed by atoms with Crippen molar-refractivity contribution in [2.24, 2.45) is 0 Å². The summed E-state index contributed by atoms with van der Waals surface area (Å²) in [7, 11) is 0. The summed E-state index contributed by atoms with van der Waals surface area (Å²) in [4.78, 5) is 0. The molecule has 1 atom stereocenters. The summed E-state index contributed by atoms with van der Waals surface area (Å²) in [6.07, 6.45) is 19.8. The highest BCUT2D eigenvalue weighted by Crippen LogP contribution is 2.59. The van der Waals surface area contributed by atoms with Gasteiger partial charge in [0.05, 0.1) is 6.61 Å². The lowest BCUT2D eigenvalue weighted by molar-refractivity contribution is 0.345. The summed E-state index contributed by atoms with van der Waals surface area (Å²) in [5.41, 5.74) is 0. The normalized spacial score (nSPS) is 14.0. The summed E-state index contributed by atoms with van der Waals surface area (Å²) >= 11 is 1.52. The maximum Gasteiger partial charge on any atom is 0.257 e. The molecule has 0 saturated heterocycles. The van der Waals surface area contributed by atoms with Gasteiger partial charge in [0.2, 0.25) is 0 Å². The SMILES string of the molecule is CCCCCCCCCCCCCCCCP(=O)(OCC)SCC. The van der Waals surface area contributed by atoms with Gasteiger partial charge in [-0.1, -0.05) is 109 Å². The van der Waals surface area contributed by atoms with Crippen LogP contribution in [0, 0.1) is 0 Å². The zero-order valence-corrected chi connectivity index (χ0v) is 18.4. The highest BCUT2D eigenvalue weighted by molar-refractivity contribution is 8.56. The van der Waals surface area contributed by atoms with E-state index in [1.54, 1.807) is 0 Å². The Morgan fingerprint density at radius 1 is 0.667 bits per heavy atom. The quantitative estimate of drug-likeness (QED) is 0.166. The van der Waals surface area contributed by atoms with Crippen molar-refractivity contribution in [3.8, 4) is 0 Å². The molecule has 24 heavy (non-hydrogen) atoms. The summed E-state index contributed by atoms with van der Waals surface area (Å²) in [6, 6.07) is 0. The van der Waals surface area contributed by atoms with E-state index in [1.165, 1.54) is 94.9 Å². The second-order valence-electron chi connectivity index (χ2n) is 6.77. The molecule has 0 aliphatic carbocycles. The first kappa shape index (κ1) is 24.5. The van der Waals surface area contributed by atoms with Crippen molar-refractivity contribution in [3.05, 3.63) is 0 Å². The fourth-order valence-corrected chi connectivity index (χ4v) is 7.28. The van der Waals surface area contributed by atoms with Crippen LogP contribution in [0.25, 0.3) is 0 Å². The molecule has 0 rings (SSSR count). The molecule has 0 amide bonds. The maximum absolute atomic E-state index is 12.5. The van der Waals surface area contributed by atoms with E-state index in [-0.39, 0.29) is 0 Å². The highest BCUT2D eigenvalue weighted by Gasteiger charge is 2.21. The fourth-order valence-electron chi connectivity index (χ4n) is 3.06. The van der Waals surface area contributed by atoms with E-state index in [4.69, 9.17) is 4.52 Å². The van der Waals surface area contributed by atoms with Gasteiger partial charge in [-0.2, -0.15) is 0 Å². The molecule has 0 saturated carbocycles. The third-order valence-electron chi connectivity index (χ3n) is 4.44. The van der Waals surface area contributed by atoms with Gasteiger partial charge in [0.1, 0.15) is 0 Å². The van der Waals surface area contributed by atoms with Gasteiger partial charge >= 0.3 is 0 Å². The van der Waals surface area contributed by atoms with Crippen LogP contribution in [0.15, 0.2) is 0 Å². The number of hydrogen-bond acceptors (Lipinski definition) is 3. The lowest BCUT2D eigenvalue weighted by Gasteiger charge is -2.15. The number of hydrogen-bond donors (Lipinski definition) is 0. The third-order valence-corrected chi connectivity index (χ3v) is 9.42. The molecular formula is C20H43O2PS. The van der Waals surface area contributed by atoms with Crippen LogP contribution in [0.1, 0.15) is 111 Å². The summed E-state index contributed by atoms with van der Waals surface area (Å²) in [6.45, 7) is 4.46. The van der Waals surface area contributed by atoms with Gasteiger partial charge in [0.25, 0.3) is 6.57 Å². The topological polar surface area (TPSA) is 26.3 Å². The molecule has 0 aliphatic rings. The van der Waals surface area contributed by atoms with Gasteiger partial charge in [-0.25, -0.2) is 0 Å². The summed E-state index contributed by atoms with van der Waals surface area (Å²) in [5.74, 6) is 0.885. The van der Waals surface area contributed by atoms with E-state index >= 15 is 0 Å². The minimum Gasteiger partial charge on any atom is -0.321 e. The standard InChI is InChI=1S/C20H43O2PS/c1-4-7-8-9-10-11-12-13-14-15-16-17-18-19-20-23(21,22-5-2)24-6-3/h4-20H2,1-3H3. The molecule has 0 fully saturated rings. The van der Waals surface area contributed by atoms with Crippen molar-refractivity contribution in [1.29, 1.82) is 0 Å². The Kier molecular flexibility index (Phi) is 18.7. The van der Waals surface area contributed by atoms with E-state index < -0.39 is 6.57 Å². The first-order valence-corrected chi connectivity index (χ1v) is 14.0. The van der Waals surface area contributed by atoms with E-state index in [0.717, 1.165) is 18.3 Å². The molecule has 0 aromatic heterocycles. The van der Waals surface area contributed by atoms with Crippen LogP contribution in [0.2, 0.25) is 0 Å². The summed E-state index contributed by atoms with van der Waals surface area (Å²) < 4.78 is 18.0.